The maximum absolute atomic E-state index is 11.4. The zero-order chi connectivity index (χ0) is 15.8. The van der Waals surface area contributed by atoms with E-state index < -0.39 is 10.9 Å². The Kier molecular flexibility index (Phi) is 6.45. The standard InChI is InChI=1S/C14H19NO6/c1-10(2)6-7-20-14(16)9-21-11-4-5-12(15(17)18)13(8-11)19-3/h4-5,8,10H,6-7,9H2,1-3H3. The van der Waals surface area contributed by atoms with E-state index in [2.05, 4.69) is 0 Å². The van der Waals surface area contributed by atoms with Crippen LogP contribution in [0.1, 0.15) is 20.3 Å². The largest absolute Gasteiger partial charge is 0.490 e. The fourth-order valence-corrected chi connectivity index (χ4v) is 1.49. The first-order valence-electron chi connectivity index (χ1n) is 6.55. The van der Waals surface area contributed by atoms with Gasteiger partial charge in [0.1, 0.15) is 5.75 Å². The molecular weight excluding hydrogens is 278 g/mol. The van der Waals surface area contributed by atoms with Crippen molar-refractivity contribution in [2.24, 2.45) is 5.92 Å². The normalized spacial score (nSPS) is 10.3. The Morgan fingerprint density at radius 1 is 1.38 bits per heavy atom. The number of carbonyl (C=O) groups is 1. The third-order valence-corrected chi connectivity index (χ3v) is 2.66. The number of benzene rings is 1. The molecule has 0 aliphatic heterocycles. The van der Waals surface area contributed by atoms with Crippen molar-refractivity contribution in [1.29, 1.82) is 0 Å². The number of nitrogens with zero attached hydrogens (tertiary/aromatic N) is 1. The number of carbonyl (C=O) groups excluding carboxylic acids is 1. The average molecular weight is 297 g/mol. The molecule has 0 aromatic heterocycles. The van der Waals surface area contributed by atoms with Gasteiger partial charge in [0.2, 0.25) is 5.75 Å². The highest BCUT2D eigenvalue weighted by Gasteiger charge is 2.15. The van der Waals surface area contributed by atoms with Crippen molar-refractivity contribution in [3.8, 4) is 11.5 Å². The average Bonchev–Trinajstić information content (AvgIpc) is 2.44. The minimum Gasteiger partial charge on any atom is -0.490 e. The van der Waals surface area contributed by atoms with Crippen molar-refractivity contribution >= 4 is 11.7 Å². The number of nitro groups is 1. The van der Waals surface area contributed by atoms with Crippen molar-refractivity contribution in [3.05, 3.63) is 28.3 Å². The molecule has 0 aliphatic carbocycles. The van der Waals surface area contributed by atoms with Gasteiger partial charge in [-0.15, -0.1) is 0 Å². The molecule has 0 aliphatic rings. The summed E-state index contributed by atoms with van der Waals surface area (Å²) in [5, 5.41) is 10.7. The fourth-order valence-electron chi connectivity index (χ4n) is 1.49. The van der Waals surface area contributed by atoms with Gasteiger partial charge in [0.05, 0.1) is 18.6 Å². The molecule has 0 fully saturated rings. The molecule has 1 aromatic rings. The number of hydrogen-bond acceptors (Lipinski definition) is 6. The first-order chi connectivity index (χ1) is 9.93. The van der Waals surface area contributed by atoms with Crippen molar-refractivity contribution in [2.75, 3.05) is 20.3 Å². The summed E-state index contributed by atoms with van der Waals surface area (Å²) in [5.41, 5.74) is -0.163. The first kappa shape index (κ1) is 16.7. The molecule has 7 nitrogen and oxygen atoms in total. The Bertz CT molecular complexity index is 500. The second kappa shape index (κ2) is 8.08. The zero-order valence-corrected chi connectivity index (χ0v) is 12.3. The second-order valence-corrected chi connectivity index (χ2v) is 4.78. The minimum absolute atomic E-state index is 0.0747. The van der Waals surface area contributed by atoms with E-state index in [1.165, 1.54) is 25.3 Å². The van der Waals surface area contributed by atoms with Crippen molar-refractivity contribution in [3.63, 3.8) is 0 Å². The van der Waals surface area contributed by atoms with Crippen LogP contribution in [0.15, 0.2) is 18.2 Å². The van der Waals surface area contributed by atoms with Crippen LogP contribution in [0.5, 0.6) is 11.5 Å². The topological polar surface area (TPSA) is 87.9 Å². The number of esters is 1. The van der Waals surface area contributed by atoms with Crippen LogP contribution in [-0.4, -0.2) is 31.2 Å². The van der Waals surface area contributed by atoms with Crippen LogP contribution >= 0.6 is 0 Å². The third-order valence-electron chi connectivity index (χ3n) is 2.66. The molecule has 116 valence electrons. The Balaban J connectivity index is 2.52. The molecule has 0 N–H and O–H groups in total. The summed E-state index contributed by atoms with van der Waals surface area (Å²) in [6, 6.07) is 4.03. The van der Waals surface area contributed by atoms with Crippen molar-refractivity contribution in [1.82, 2.24) is 0 Å². The summed E-state index contributed by atoms with van der Waals surface area (Å²) in [5.74, 6) is 0.356. The Labute approximate surface area is 123 Å². The van der Waals surface area contributed by atoms with Gasteiger partial charge in [0.15, 0.2) is 6.61 Å². The Morgan fingerprint density at radius 2 is 2.10 bits per heavy atom. The molecule has 1 aromatic carbocycles. The Hall–Kier alpha value is -2.31. The van der Waals surface area contributed by atoms with E-state index in [4.69, 9.17) is 14.2 Å². The molecule has 1 rings (SSSR count). The van der Waals surface area contributed by atoms with Crippen LogP contribution in [0.2, 0.25) is 0 Å². The Morgan fingerprint density at radius 3 is 2.67 bits per heavy atom. The molecule has 0 saturated carbocycles. The highest BCUT2D eigenvalue weighted by Crippen LogP contribution is 2.30. The molecule has 0 saturated heterocycles. The molecule has 0 heterocycles. The molecular formula is C14H19NO6. The van der Waals surface area contributed by atoms with Gasteiger partial charge in [-0.2, -0.15) is 0 Å². The molecule has 21 heavy (non-hydrogen) atoms. The lowest BCUT2D eigenvalue weighted by molar-refractivity contribution is -0.385. The lowest BCUT2D eigenvalue weighted by Gasteiger charge is -2.09. The van der Waals surface area contributed by atoms with Crippen molar-refractivity contribution in [2.45, 2.75) is 20.3 Å². The van der Waals surface area contributed by atoms with Crippen molar-refractivity contribution < 1.29 is 23.9 Å². The highest BCUT2D eigenvalue weighted by molar-refractivity contribution is 5.71. The minimum atomic E-state index is -0.553. The number of nitro benzene ring substituents is 1. The van der Waals surface area contributed by atoms with Crippen LogP contribution < -0.4 is 9.47 Å². The molecule has 0 amide bonds. The third kappa shape index (κ3) is 5.68. The van der Waals surface area contributed by atoms with E-state index in [-0.39, 0.29) is 18.0 Å². The van der Waals surface area contributed by atoms with E-state index >= 15 is 0 Å². The fraction of sp³-hybridized carbons (Fsp3) is 0.500. The van der Waals surface area contributed by atoms with Crippen LogP contribution in [0, 0.1) is 16.0 Å². The van der Waals surface area contributed by atoms with Gasteiger partial charge in [-0.3, -0.25) is 10.1 Å². The lowest BCUT2D eigenvalue weighted by Crippen LogP contribution is -2.16. The van der Waals surface area contributed by atoms with Gasteiger partial charge in [0, 0.05) is 12.1 Å². The molecule has 0 unspecified atom stereocenters. The molecule has 0 spiro atoms. The SMILES string of the molecule is COc1cc(OCC(=O)OCCC(C)C)ccc1[N+](=O)[O-]. The summed E-state index contributed by atoms with van der Waals surface area (Å²) >= 11 is 0. The molecule has 0 bridgehead atoms. The zero-order valence-electron chi connectivity index (χ0n) is 12.3. The number of hydrogen-bond donors (Lipinski definition) is 0. The smallest absolute Gasteiger partial charge is 0.344 e. The van der Waals surface area contributed by atoms with Gasteiger partial charge in [-0.1, -0.05) is 13.8 Å². The van der Waals surface area contributed by atoms with E-state index in [0.29, 0.717) is 18.3 Å². The van der Waals surface area contributed by atoms with E-state index in [1.807, 2.05) is 13.8 Å². The maximum Gasteiger partial charge on any atom is 0.344 e. The predicted octanol–water partition coefficient (Wildman–Crippen LogP) is 2.57. The molecule has 0 atom stereocenters. The molecule has 0 radical (unpaired) electrons. The van der Waals surface area contributed by atoms with Gasteiger partial charge < -0.3 is 14.2 Å². The second-order valence-electron chi connectivity index (χ2n) is 4.78. The summed E-state index contributed by atoms with van der Waals surface area (Å²) < 4.78 is 15.1. The van der Waals surface area contributed by atoms with Gasteiger partial charge in [-0.25, -0.2) is 4.79 Å². The number of ether oxygens (including phenoxy) is 3. The van der Waals surface area contributed by atoms with Gasteiger partial charge >= 0.3 is 11.7 Å². The van der Waals surface area contributed by atoms with Gasteiger partial charge in [0.25, 0.3) is 0 Å². The lowest BCUT2D eigenvalue weighted by atomic mass is 10.1. The quantitative estimate of drug-likeness (QED) is 0.416. The van der Waals surface area contributed by atoms with E-state index in [9.17, 15) is 14.9 Å². The summed E-state index contributed by atoms with van der Waals surface area (Å²) in [6.45, 7) is 4.17. The molecule has 7 heteroatoms. The first-order valence-corrected chi connectivity index (χ1v) is 6.55. The van der Waals surface area contributed by atoms with Crippen LogP contribution in [0.3, 0.4) is 0 Å². The maximum atomic E-state index is 11.4. The predicted molar refractivity (Wildman–Crippen MR) is 75.6 cm³/mol. The van der Waals surface area contributed by atoms with E-state index in [0.717, 1.165) is 6.42 Å². The van der Waals surface area contributed by atoms with E-state index in [1.54, 1.807) is 0 Å². The monoisotopic (exact) mass is 297 g/mol. The summed E-state index contributed by atoms with van der Waals surface area (Å²) in [7, 11) is 1.33. The van der Waals surface area contributed by atoms with Crippen LogP contribution in [-0.2, 0) is 9.53 Å². The van der Waals surface area contributed by atoms with Crippen LogP contribution in [0.4, 0.5) is 5.69 Å². The highest BCUT2D eigenvalue weighted by atomic mass is 16.6. The number of rotatable bonds is 8. The van der Waals surface area contributed by atoms with Gasteiger partial charge in [-0.05, 0) is 18.4 Å². The summed E-state index contributed by atoms with van der Waals surface area (Å²) in [6.07, 6.45) is 0.789. The number of methoxy groups -OCH3 is 1. The summed E-state index contributed by atoms with van der Waals surface area (Å²) in [4.78, 5) is 21.6. The van der Waals surface area contributed by atoms with Crippen LogP contribution in [0.25, 0.3) is 0 Å².